The lowest BCUT2D eigenvalue weighted by Gasteiger charge is -2.30. The van der Waals surface area contributed by atoms with Crippen LogP contribution in [0.5, 0.6) is 11.5 Å². The molecule has 0 unspecified atom stereocenters. The second kappa shape index (κ2) is 10.8. The van der Waals surface area contributed by atoms with E-state index in [0.717, 1.165) is 17.4 Å². The summed E-state index contributed by atoms with van der Waals surface area (Å²) in [5.74, 6) is 0.821. The molecule has 0 saturated carbocycles. The van der Waals surface area contributed by atoms with Crippen LogP contribution in [0.4, 0.5) is 5.69 Å². The number of hydrogen-bond donors (Lipinski definition) is 2. The van der Waals surface area contributed by atoms with Gasteiger partial charge in [-0.15, -0.1) is 0 Å². The number of nitrogens with one attached hydrogen (secondary N) is 2. The van der Waals surface area contributed by atoms with Gasteiger partial charge in [-0.1, -0.05) is 24.3 Å². The van der Waals surface area contributed by atoms with Crippen molar-refractivity contribution in [1.82, 2.24) is 15.1 Å². The number of H-pyrrole nitrogens is 1. The summed E-state index contributed by atoms with van der Waals surface area (Å²) in [7, 11) is 1.59. The molecule has 3 aromatic rings. The molecule has 0 radical (unpaired) electrons. The number of ether oxygens (including phenoxy) is 2. The van der Waals surface area contributed by atoms with Crippen LogP contribution in [0.2, 0.25) is 0 Å². The Hall–Kier alpha value is -3.32. The molecule has 0 aliphatic rings. The highest BCUT2D eigenvalue weighted by atomic mass is 16.5. The molecular formula is C25H32N4O3. The predicted octanol–water partition coefficient (Wildman–Crippen LogP) is 4.72. The van der Waals surface area contributed by atoms with Crippen LogP contribution in [0.3, 0.4) is 0 Å². The number of methoxy groups -OCH3 is 1. The van der Waals surface area contributed by atoms with E-state index in [9.17, 15) is 4.79 Å². The number of nitrogens with zero attached hydrogens (tertiary/aromatic N) is 2. The predicted molar refractivity (Wildman–Crippen MR) is 129 cm³/mol. The molecule has 32 heavy (non-hydrogen) atoms. The molecular weight excluding hydrogens is 404 g/mol. The number of anilines is 1. The lowest BCUT2D eigenvalue weighted by atomic mass is 10.2. The average molecular weight is 437 g/mol. The zero-order chi connectivity index (χ0) is 23.1. The van der Waals surface area contributed by atoms with Gasteiger partial charge in [-0.2, -0.15) is 5.10 Å². The van der Waals surface area contributed by atoms with Crippen molar-refractivity contribution in [2.24, 2.45) is 0 Å². The zero-order valence-electron chi connectivity index (χ0n) is 19.4. The lowest BCUT2D eigenvalue weighted by molar-refractivity contribution is -0.111. The second-order valence-electron chi connectivity index (χ2n) is 8.09. The van der Waals surface area contributed by atoms with E-state index in [1.165, 1.54) is 6.08 Å². The van der Waals surface area contributed by atoms with E-state index in [1.807, 2.05) is 36.4 Å². The van der Waals surface area contributed by atoms with Gasteiger partial charge in [0.05, 0.1) is 24.0 Å². The van der Waals surface area contributed by atoms with Crippen LogP contribution in [-0.4, -0.2) is 53.3 Å². The number of benzene rings is 2. The van der Waals surface area contributed by atoms with Crippen molar-refractivity contribution in [3.8, 4) is 11.5 Å². The standard InChI is InChI=1S/C25H32N4O3/c1-17(2)29(18(3)4)15-16-32-25-22(11-8-12-23(25)31-5)26-24(30)14-13-21-19-9-6-7-10-20(19)27-28-21/h6-14,17-18H,15-16H2,1-5H3,(H,26,30)(H,27,28)/b14-13+. The first kappa shape index (κ1) is 23.3. The molecule has 0 aliphatic carbocycles. The Balaban J connectivity index is 1.71. The highest BCUT2D eigenvalue weighted by molar-refractivity contribution is 6.04. The topological polar surface area (TPSA) is 79.5 Å². The van der Waals surface area contributed by atoms with Gasteiger partial charge < -0.3 is 14.8 Å². The van der Waals surface area contributed by atoms with Crippen molar-refractivity contribution in [2.75, 3.05) is 25.6 Å². The van der Waals surface area contributed by atoms with Crippen LogP contribution in [-0.2, 0) is 4.79 Å². The normalized spacial score (nSPS) is 11.8. The van der Waals surface area contributed by atoms with E-state index >= 15 is 0 Å². The molecule has 7 heteroatoms. The summed E-state index contributed by atoms with van der Waals surface area (Å²) in [6.07, 6.45) is 3.16. The Morgan fingerprint density at radius 3 is 2.59 bits per heavy atom. The monoisotopic (exact) mass is 436 g/mol. The Kier molecular flexibility index (Phi) is 7.89. The van der Waals surface area contributed by atoms with E-state index in [-0.39, 0.29) is 5.91 Å². The summed E-state index contributed by atoms with van der Waals surface area (Å²) in [6.45, 7) is 9.93. The summed E-state index contributed by atoms with van der Waals surface area (Å²) >= 11 is 0. The maximum absolute atomic E-state index is 12.6. The van der Waals surface area contributed by atoms with Crippen LogP contribution in [0, 0.1) is 0 Å². The van der Waals surface area contributed by atoms with Crippen molar-refractivity contribution in [2.45, 2.75) is 39.8 Å². The number of aromatic amines is 1. The van der Waals surface area contributed by atoms with Gasteiger partial charge in [0, 0.05) is 30.1 Å². The minimum absolute atomic E-state index is 0.277. The highest BCUT2D eigenvalue weighted by Gasteiger charge is 2.16. The first-order chi connectivity index (χ1) is 15.4. The van der Waals surface area contributed by atoms with Crippen LogP contribution in [0.15, 0.2) is 48.5 Å². The Morgan fingerprint density at radius 1 is 1.12 bits per heavy atom. The molecule has 2 aromatic carbocycles. The first-order valence-corrected chi connectivity index (χ1v) is 10.9. The smallest absolute Gasteiger partial charge is 0.248 e. The summed E-state index contributed by atoms with van der Waals surface area (Å²) in [6, 6.07) is 14.1. The summed E-state index contributed by atoms with van der Waals surface area (Å²) in [5, 5.41) is 11.1. The molecule has 1 amide bonds. The molecule has 0 spiro atoms. The van der Waals surface area contributed by atoms with Gasteiger partial charge in [0.2, 0.25) is 5.91 Å². The minimum Gasteiger partial charge on any atom is -0.493 e. The number of aromatic nitrogens is 2. The molecule has 0 atom stereocenters. The van der Waals surface area contributed by atoms with Crippen molar-refractivity contribution >= 4 is 28.6 Å². The molecule has 7 nitrogen and oxygen atoms in total. The van der Waals surface area contributed by atoms with Gasteiger partial charge in [0.1, 0.15) is 6.61 Å². The maximum Gasteiger partial charge on any atom is 0.248 e. The fraction of sp³-hybridized carbons (Fsp3) is 0.360. The van der Waals surface area contributed by atoms with E-state index in [4.69, 9.17) is 9.47 Å². The lowest BCUT2D eigenvalue weighted by Crippen LogP contribution is -2.39. The van der Waals surface area contributed by atoms with Crippen LogP contribution in [0.1, 0.15) is 33.4 Å². The second-order valence-corrected chi connectivity index (χ2v) is 8.09. The van der Waals surface area contributed by atoms with Crippen molar-refractivity contribution in [3.63, 3.8) is 0 Å². The largest absolute Gasteiger partial charge is 0.493 e. The molecule has 170 valence electrons. The SMILES string of the molecule is COc1cccc(NC(=O)/C=C/c2n[nH]c3ccccc23)c1OCCN(C(C)C)C(C)C. The van der Waals surface area contributed by atoms with Gasteiger partial charge in [-0.25, -0.2) is 0 Å². The van der Waals surface area contributed by atoms with Gasteiger partial charge in [0.15, 0.2) is 11.5 Å². The minimum atomic E-state index is -0.277. The number of hydrogen-bond acceptors (Lipinski definition) is 5. The van der Waals surface area contributed by atoms with Crippen molar-refractivity contribution < 1.29 is 14.3 Å². The molecule has 2 N–H and O–H groups in total. The van der Waals surface area contributed by atoms with E-state index in [1.54, 1.807) is 19.3 Å². The summed E-state index contributed by atoms with van der Waals surface area (Å²) in [4.78, 5) is 15.0. The molecule has 1 aromatic heterocycles. The third-order valence-corrected chi connectivity index (χ3v) is 5.27. The Morgan fingerprint density at radius 2 is 1.88 bits per heavy atom. The first-order valence-electron chi connectivity index (χ1n) is 10.9. The summed E-state index contributed by atoms with van der Waals surface area (Å²) in [5.41, 5.74) is 2.19. The van der Waals surface area contributed by atoms with E-state index in [0.29, 0.717) is 41.6 Å². The van der Waals surface area contributed by atoms with Crippen molar-refractivity contribution in [3.05, 3.63) is 54.2 Å². The number of fused-ring (bicyclic) bond motifs is 1. The van der Waals surface area contributed by atoms with Gasteiger partial charge in [0.25, 0.3) is 0 Å². The molecule has 0 aliphatic heterocycles. The number of amides is 1. The summed E-state index contributed by atoms with van der Waals surface area (Å²) < 4.78 is 11.5. The molecule has 3 rings (SSSR count). The Bertz CT molecular complexity index is 1060. The third kappa shape index (κ3) is 5.68. The molecule has 0 fully saturated rings. The Labute approximate surface area is 189 Å². The van der Waals surface area contributed by atoms with Gasteiger partial charge >= 0.3 is 0 Å². The quantitative estimate of drug-likeness (QED) is 0.450. The fourth-order valence-electron chi connectivity index (χ4n) is 3.73. The van der Waals surface area contributed by atoms with Crippen LogP contribution >= 0.6 is 0 Å². The fourth-order valence-corrected chi connectivity index (χ4v) is 3.73. The van der Waals surface area contributed by atoms with E-state index in [2.05, 4.69) is 48.1 Å². The van der Waals surface area contributed by atoms with Crippen LogP contribution in [0.25, 0.3) is 17.0 Å². The number of carbonyl (C=O) groups is 1. The van der Waals surface area contributed by atoms with Crippen LogP contribution < -0.4 is 14.8 Å². The van der Waals surface area contributed by atoms with E-state index < -0.39 is 0 Å². The molecule has 0 saturated heterocycles. The van der Waals surface area contributed by atoms with Gasteiger partial charge in [-0.3, -0.25) is 14.8 Å². The number of carbonyl (C=O) groups excluding carboxylic acids is 1. The third-order valence-electron chi connectivity index (χ3n) is 5.27. The average Bonchev–Trinajstić information content (AvgIpc) is 3.18. The van der Waals surface area contributed by atoms with Crippen molar-refractivity contribution in [1.29, 1.82) is 0 Å². The number of rotatable bonds is 10. The number of para-hydroxylation sites is 2. The maximum atomic E-state index is 12.6. The highest BCUT2D eigenvalue weighted by Crippen LogP contribution is 2.35. The molecule has 1 heterocycles. The van der Waals surface area contributed by atoms with Gasteiger partial charge in [-0.05, 0) is 52.0 Å². The zero-order valence-corrected chi connectivity index (χ0v) is 19.4. The molecule has 0 bridgehead atoms.